The number of aliphatic carboxylic acids is 2. The van der Waals surface area contributed by atoms with Crippen molar-refractivity contribution in [3.05, 3.63) is 106 Å². The first-order valence-electron chi connectivity index (χ1n) is 14.5. The number of para-hydroxylation sites is 2. The molecule has 2 atom stereocenters. The lowest BCUT2D eigenvalue weighted by Crippen LogP contribution is -2.32. The molecule has 252 valence electrons. The lowest BCUT2D eigenvalue weighted by molar-refractivity contribution is -0.383. The maximum absolute atomic E-state index is 11.1. The molecule has 15 heteroatoms. The summed E-state index contributed by atoms with van der Waals surface area (Å²) >= 11 is 10.3. The van der Waals surface area contributed by atoms with Crippen molar-refractivity contribution < 1.29 is 24.7 Å². The van der Waals surface area contributed by atoms with Crippen molar-refractivity contribution >= 4 is 98.1 Å². The van der Waals surface area contributed by atoms with E-state index in [9.17, 15) is 19.7 Å². The molecule has 0 bridgehead atoms. The number of nitrogens with one attached hydrogen (secondary N) is 3. The van der Waals surface area contributed by atoms with Crippen molar-refractivity contribution in [1.82, 2.24) is 15.0 Å². The van der Waals surface area contributed by atoms with Gasteiger partial charge in [0.2, 0.25) is 0 Å². The fourth-order valence-corrected chi connectivity index (χ4v) is 6.73. The topological polar surface area (TPSA) is 217 Å². The Morgan fingerprint density at radius 1 is 0.771 bits per heavy atom. The molecule has 0 aliphatic carbocycles. The van der Waals surface area contributed by atoms with Crippen LogP contribution in [0.15, 0.2) is 68.0 Å². The molecule has 3 heterocycles. The molecule has 0 aliphatic rings. The van der Waals surface area contributed by atoms with Gasteiger partial charge < -0.3 is 36.6 Å². The summed E-state index contributed by atoms with van der Waals surface area (Å²) in [6.45, 7) is 5.73. The Bertz CT molecular complexity index is 2150. The SMILES string of the molecule is Cc1[nH]c2c(Br)ccc([N+](=O)[O-])c2c1CC(N)C(=O)O.Cc1[nH]c2c(Br)cccc2c1CC(N)C(=O)O.Cc1cc2cccc(Br)c2[nH]1. The molecule has 0 fully saturated rings. The molecular formula is C33H33Br3N6O6. The average Bonchev–Trinajstić information content (AvgIpc) is 3.67. The second-order valence-corrected chi connectivity index (χ2v) is 13.7. The van der Waals surface area contributed by atoms with Gasteiger partial charge in [0.15, 0.2) is 0 Å². The zero-order valence-electron chi connectivity index (χ0n) is 26.0. The first-order valence-corrected chi connectivity index (χ1v) is 16.9. The quantitative estimate of drug-likeness (QED) is 0.0628. The molecule has 6 rings (SSSR count). The third-order valence-electron chi connectivity index (χ3n) is 7.72. The minimum atomic E-state index is -1.14. The van der Waals surface area contributed by atoms with Crippen LogP contribution in [-0.4, -0.2) is 54.1 Å². The van der Waals surface area contributed by atoms with Gasteiger partial charge in [-0.15, -0.1) is 0 Å². The monoisotopic (exact) mass is 846 g/mol. The number of aromatic nitrogens is 3. The molecule has 0 radical (unpaired) electrons. The lowest BCUT2D eigenvalue weighted by Gasteiger charge is -2.06. The standard InChI is InChI=1S/C12H12BrN3O4.C12H13BrN2O2.C9H8BrN/c1-5-6(4-8(14)12(17)18)10-9(16(19)20)3-2-7(13)11(10)15-5;1-6-8(5-10(14)12(16)17)7-3-2-4-9(13)11(7)15-6;1-6-5-7-3-2-4-8(10)9(7)11-6/h2-3,8,15H,4,14H2,1H3,(H,17,18);2-4,10,15H,5,14H2,1H3,(H,16,17);2-5,11H,1H3. The minimum absolute atomic E-state index is 0.0263. The van der Waals surface area contributed by atoms with Crippen molar-refractivity contribution in [3.63, 3.8) is 0 Å². The maximum atomic E-state index is 11.1. The number of aryl methyl sites for hydroxylation is 3. The maximum Gasteiger partial charge on any atom is 0.320 e. The largest absolute Gasteiger partial charge is 0.480 e. The fourth-order valence-electron chi connectivity index (χ4n) is 5.36. The van der Waals surface area contributed by atoms with Gasteiger partial charge in [0.05, 0.1) is 26.9 Å². The summed E-state index contributed by atoms with van der Waals surface area (Å²) in [7, 11) is 0. The van der Waals surface area contributed by atoms with Crippen molar-refractivity contribution in [2.24, 2.45) is 11.5 Å². The van der Waals surface area contributed by atoms with E-state index in [-0.39, 0.29) is 12.1 Å². The number of carbonyl (C=O) groups is 2. The Kier molecular flexibility index (Phi) is 11.9. The Labute approximate surface area is 299 Å². The highest BCUT2D eigenvalue weighted by Crippen LogP contribution is 2.36. The summed E-state index contributed by atoms with van der Waals surface area (Å²) in [6.07, 6.45) is 0.357. The van der Waals surface area contributed by atoms with Crippen LogP contribution in [0.4, 0.5) is 5.69 Å². The summed E-state index contributed by atoms with van der Waals surface area (Å²) in [5, 5.41) is 31.6. The molecule has 0 amide bonds. The van der Waals surface area contributed by atoms with Gasteiger partial charge in [-0.3, -0.25) is 19.7 Å². The van der Waals surface area contributed by atoms with Gasteiger partial charge in [0.25, 0.3) is 5.69 Å². The van der Waals surface area contributed by atoms with Crippen molar-refractivity contribution in [2.75, 3.05) is 0 Å². The molecule has 2 unspecified atom stereocenters. The first kappa shape index (κ1) is 36.8. The Morgan fingerprint density at radius 2 is 1.29 bits per heavy atom. The van der Waals surface area contributed by atoms with E-state index in [1.807, 2.05) is 37.3 Å². The van der Waals surface area contributed by atoms with E-state index < -0.39 is 28.9 Å². The number of nitro groups is 1. The number of halogens is 3. The number of carboxylic acids is 2. The van der Waals surface area contributed by atoms with Crippen LogP contribution in [0.25, 0.3) is 32.7 Å². The number of nitrogens with two attached hydrogens (primary N) is 2. The van der Waals surface area contributed by atoms with E-state index in [2.05, 4.69) is 81.8 Å². The van der Waals surface area contributed by atoms with Gasteiger partial charge in [-0.25, -0.2) is 0 Å². The number of carboxylic acid groups (broad SMARTS) is 2. The molecule has 12 nitrogen and oxygen atoms in total. The van der Waals surface area contributed by atoms with E-state index in [0.717, 1.165) is 31.1 Å². The number of nitrogens with zero attached hydrogens (tertiary/aromatic N) is 1. The van der Waals surface area contributed by atoms with Gasteiger partial charge in [0.1, 0.15) is 12.1 Å². The van der Waals surface area contributed by atoms with Gasteiger partial charge in [0, 0.05) is 60.2 Å². The number of hydrogen-bond acceptors (Lipinski definition) is 6. The van der Waals surface area contributed by atoms with Crippen LogP contribution in [0.3, 0.4) is 0 Å². The van der Waals surface area contributed by atoms with Crippen LogP contribution in [0, 0.1) is 30.9 Å². The van der Waals surface area contributed by atoms with Crippen molar-refractivity contribution in [3.8, 4) is 0 Å². The third-order valence-corrected chi connectivity index (χ3v) is 9.71. The third kappa shape index (κ3) is 8.15. The zero-order valence-corrected chi connectivity index (χ0v) is 30.8. The van der Waals surface area contributed by atoms with E-state index >= 15 is 0 Å². The van der Waals surface area contributed by atoms with Crippen LogP contribution in [0.2, 0.25) is 0 Å². The average molecular weight is 849 g/mol. The predicted molar refractivity (Wildman–Crippen MR) is 197 cm³/mol. The smallest absolute Gasteiger partial charge is 0.320 e. The van der Waals surface area contributed by atoms with Gasteiger partial charge >= 0.3 is 11.9 Å². The molecule has 48 heavy (non-hydrogen) atoms. The Morgan fingerprint density at radius 3 is 1.88 bits per heavy atom. The summed E-state index contributed by atoms with van der Waals surface area (Å²) in [5.41, 5.74) is 18.2. The van der Waals surface area contributed by atoms with Gasteiger partial charge in [-0.05, 0) is 104 Å². The molecule has 0 spiro atoms. The van der Waals surface area contributed by atoms with E-state index in [1.165, 1.54) is 22.7 Å². The number of benzene rings is 3. The predicted octanol–water partition coefficient (Wildman–Crippen LogP) is 7.53. The van der Waals surface area contributed by atoms with Gasteiger partial charge in [-0.1, -0.05) is 24.3 Å². The van der Waals surface area contributed by atoms with Crippen LogP contribution < -0.4 is 11.5 Å². The van der Waals surface area contributed by atoms with Crippen LogP contribution in [0.5, 0.6) is 0 Å². The number of non-ortho nitro benzene ring substituents is 1. The van der Waals surface area contributed by atoms with Crippen molar-refractivity contribution in [2.45, 2.75) is 45.7 Å². The van der Waals surface area contributed by atoms with Gasteiger partial charge in [-0.2, -0.15) is 0 Å². The van der Waals surface area contributed by atoms with Crippen LogP contribution >= 0.6 is 47.8 Å². The molecule has 0 saturated carbocycles. The number of H-pyrrole nitrogens is 3. The second-order valence-electron chi connectivity index (χ2n) is 11.1. The van der Waals surface area contributed by atoms with Crippen molar-refractivity contribution in [1.29, 1.82) is 0 Å². The molecule has 3 aromatic heterocycles. The van der Waals surface area contributed by atoms with Crippen LogP contribution in [-0.2, 0) is 22.4 Å². The van der Waals surface area contributed by atoms with E-state index in [4.69, 9.17) is 21.7 Å². The fraction of sp³-hybridized carbons (Fsp3) is 0.212. The lowest BCUT2D eigenvalue weighted by atomic mass is 10.0. The first-order chi connectivity index (χ1) is 22.6. The minimum Gasteiger partial charge on any atom is -0.480 e. The molecule has 6 aromatic rings. The summed E-state index contributed by atoms with van der Waals surface area (Å²) < 4.78 is 2.77. The Balaban J connectivity index is 0.000000169. The molecular weight excluding hydrogens is 816 g/mol. The molecule has 9 N–H and O–H groups in total. The number of hydrogen-bond donors (Lipinski definition) is 7. The normalized spacial score (nSPS) is 12.2. The van der Waals surface area contributed by atoms with E-state index in [1.54, 1.807) is 13.0 Å². The molecule has 0 aliphatic heterocycles. The molecule has 0 saturated heterocycles. The molecule has 3 aromatic carbocycles. The highest BCUT2D eigenvalue weighted by atomic mass is 79.9. The number of rotatable bonds is 7. The highest BCUT2D eigenvalue weighted by Gasteiger charge is 2.24. The summed E-state index contributed by atoms with van der Waals surface area (Å²) in [6, 6.07) is 15.1. The number of aromatic amines is 3. The van der Waals surface area contributed by atoms with E-state index in [0.29, 0.717) is 33.1 Å². The number of nitro benzene ring substituents is 1. The summed E-state index contributed by atoms with van der Waals surface area (Å²) in [4.78, 5) is 41.9. The zero-order chi connectivity index (χ0) is 35.4. The highest BCUT2D eigenvalue weighted by molar-refractivity contribution is 9.11. The number of fused-ring (bicyclic) bond motifs is 3. The second kappa shape index (κ2) is 15.5. The summed E-state index contributed by atoms with van der Waals surface area (Å²) in [5.74, 6) is -2.12. The van der Waals surface area contributed by atoms with Crippen LogP contribution in [0.1, 0.15) is 28.2 Å². The Hall–Kier alpha value is -4.02.